The van der Waals surface area contributed by atoms with Crippen LogP contribution in [0.5, 0.6) is 0 Å². The largest absolute Gasteiger partial charge is 0.481 e. The van der Waals surface area contributed by atoms with Gasteiger partial charge in [-0.05, 0) is 49.9 Å². The maximum Gasteiger partial charge on any atom is 0.306 e. The van der Waals surface area contributed by atoms with Crippen molar-refractivity contribution in [2.24, 2.45) is 23.7 Å². The fourth-order valence-corrected chi connectivity index (χ4v) is 5.02. The lowest BCUT2D eigenvalue weighted by Crippen LogP contribution is -2.37. The molecule has 4 unspecified atom stereocenters. The van der Waals surface area contributed by atoms with Crippen molar-refractivity contribution in [3.63, 3.8) is 0 Å². The molecule has 0 aliphatic heterocycles. The molecule has 0 aromatic heterocycles. The summed E-state index contributed by atoms with van der Waals surface area (Å²) in [6, 6.07) is 0. The van der Waals surface area contributed by atoms with Crippen LogP contribution in [0.3, 0.4) is 0 Å². The molecule has 0 amide bonds. The van der Waals surface area contributed by atoms with Gasteiger partial charge in [0.15, 0.2) is 0 Å². The van der Waals surface area contributed by atoms with E-state index in [2.05, 4.69) is 53.4 Å². The molecule has 1 N–H and O–H groups in total. The van der Waals surface area contributed by atoms with E-state index in [1.807, 2.05) is 6.92 Å². The first kappa shape index (κ1) is 36.6. The molecule has 0 saturated carbocycles. The minimum absolute atomic E-state index is 0.111. The second kappa shape index (κ2) is 26.5. The van der Waals surface area contributed by atoms with Crippen LogP contribution in [0.25, 0.3) is 0 Å². The lowest BCUT2D eigenvalue weighted by Gasteiger charge is -2.33. The number of nitrogens with zero attached hydrogens (tertiary/aromatic N) is 1. The van der Waals surface area contributed by atoms with Crippen LogP contribution in [-0.2, 0) is 4.79 Å². The number of carbonyl (C=O) groups is 1. The van der Waals surface area contributed by atoms with E-state index in [1.54, 1.807) is 0 Å². The summed E-state index contributed by atoms with van der Waals surface area (Å²) >= 11 is 0. The summed E-state index contributed by atoms with van der Waals surface area (Å²) in [6.07, 6.45) is 20.3. The normalized spacial score (nSPS) is 14.8. The standard InChI is InChI=1S/C24H51N.C8H16O2/c1-7-13-16-22(10-4)19-25(20-23(11-5)17-14-8-2)21-24(12-6)18-15-9-3;1-3-5-6-7(4-2)8(9)10/h22-24H,7-21H2,1-6H3;7H,3-6H2,1-2H3,(H,9,10). The second-order valence-corrected chi connectivity index (χ2v) is 11.1. The Labute approximate surface area is 222 Å². The van der Waals surface area contributed by atoms with Crippen molar-refractivity contribution in [1.29, 1.82) is 0 Å². The third-order valence-electron chi connectivity index (χ3n) is 7.93. The Morgan fingerprint density at radius 1 is 0.543 bits per heavy atom. The van der Waals surface area contributed by atoms with Gasteiger partial charge in [0, 0.05) is 19.6 Å². The van der Waals surface area contributed by atoms with Crippen molar-refractivity contribution >= 4 is 5.97 Å². The lowest BCUT2D eigenvalue weighted by atomic mass is 9.93. The molecule has 35 heavy (non-hydrogen) atoms. The third-order valence-corrected chi connectivity index (χ3v) is 7.93. The van der Waals surface area contributed by atoms with Gasteiger partial charge >= 0.3 is 5.97 Å². The molecule has 3 nitrogen and oxygen atoms in total. The third kappa shape index (κ3) is 21.2. The molecule has 3 heteroatoms. The molecular formula is C32H67NO2. The SMILES string of the molecule is CCCCC(CC)C(=O)O.CCCCC(CC)CN(CC(CC)CCCC)CC(CC)CCCC. The molecule has 0 rings (SSSR count). The van der Waals surface area contributed by atoms with Crippen LogP contribution >= 0.6 is 0 Å². The Morgan fingerprint density at radius 2 is 0.857 bits per heavy atom. The van der Waals surface area contributed by atoms with Gasteiger partial charge in [-0.3, -0.25) is 4.79 Å². The minimum Gasteiger partial charge on any atom is -0.481 e. The Balaban J connectivity index is 0. The number of carboxylic acid groups (broad SMARTS) is 1. The highest BCUT2D eigenvalue weighted by atomic mass is 16.4. The van der Waals surface area contributed by atoms with E-state index in [1.165, 1.54) is 96.7 Å². The van der Waals surface area contributed by atoms with E-state index in [-0.39, 0.29) is 5.92 Å². The average molecular weight is 498 g/mol. The molecule has 0 aliphatic rings. The van der Waals surface area contributed by atoms with Crippen molar-refractivity contribution in [3.05, 3.63) is 0 Å². The van der Waals surface area contributed by atoms with Gasteiger partial charge in [-0.25, -0.2) is 0 Å². The number of hydrogen-bond acceptors (Lipinski definition) is 2. The van der Waals surface area contributed by atoms with Crippen LogP contribution in [0.2, 0.25) is 0 Å². The molecule has 0 fully saturated rings. The first-order valence-electron chi connectivity index (χ1n) is 15.8. The molecule has 4 atom stereocenters. The highest BCUT2D eigenvalue weighted by Crippen LogP contribution is 2.22. The Bertz CT molecular complexity index is 396. The van der Waals surface area contributed by atoms with Crippen LogP contribution in [0.4, 0.5) is 0 Å². The maximum atomic E-state index is 10.4. The number of rotatable bonds is 23. The fourth-order valence-electron chi connectivity index (χ4n) is 5.02. The van der Waals surface area contributed by atoms with E-state index in [9.17, 15) is 4.79 Å². The zero-order valence-electron chi connectivity index (χ0n) is 25.5. The van der Waals surface area contributed by atoms with Gasteiger partial charge < -0.3 is 10.0 Å². The summed E-state index contributed by atoms with van der Waals surface area (Å²) in [4.78, 5) is 13.3. The summed E-state index contributed by atoms with van der Waals surface area (Å²) in [7, 11) is 0. The predicted octanol–water partition coefficient (Wildman–Crippen LogP) is 10.2. The van der Waals surface area contributed by atoms with Crippen LogP contribution in [-0.4, -0.2) is 35.6 Å². The number of hydrogen-bond donors (Lipinski definition) is 1. The van der Waals surface area contributed by atoms with E-state index < -0.39 is 5.97 Å². The van der Waals surface area contributed by atoms with E-state index in [0.29, 0.717) is 0 Å². The van der Waals surface area contributed by atoms with E-state index in [0.717, 1.165) is 43.4 Å². The minimum atomic E-state index is -0.643. The second-order valence-electron chi connectivity index (χ2n) is 11.1. The highest BCUT2D eigenvalue weighted by Gasteiger charge is 2.19. The van der Waals surface area contributed by atoms with Gasteiger partial charge in [-0.2, -0.15) is 0 Å². The van der Waals surface area contributed by atoms with Gasteiger partial charge in [-0.1, -0.05) is 126 Å². The lowest BCUT2D eigenvalue weighted by molar-refractivity contribution is -0.142. The Hall–Kier alpha value is -0.570. The fraction of sp³-hybridized carbons (Fsp3) is 0.969. The van der Waals surface area contributed by atoms with Crippen LogP contribution in [0.15, 0.2) is 0 Å². The topological polar surface area (TPSA) is 40.5 Å². The summed E-state index contributed by atoms with van der Waals surface area (Å²) in [5.41, 5.74) is 0. The van der Waals surface area contributed by atoms with Crippen molar-refractivity contribution in [2.45, 2.75) is 158 Å². The zero-order chi connectivity index (χ0) is 26.9. The maximum absolute atomic E-state index is 10.4. The molecule has 0 spiro atoms. The van der Waals surface area contributed by atoms with Gasteiger partial charge in [0.05, 0.1) is 5.92 Å². The van der Waals surface area contributed by atoms with Crippen LogP contribution < -0.4 is 0 Å². The van der Waals surface area contributed by atoms with Gasteiger partial charge in [-0.15, -0.1) is 0 Å². The molecule has 0 saturated heterocycles. The van der Waals surface area contributed by atoms with Crippen LogP contribution in [0.1, 0.15) is 158 Å². The summed E-state index contributed by atoms with van der Waals surface area (Å²) < 4.78 is 0. The number of carboxylic acids is 1. The van der Waals surface area contributed by atoms with E-state index >= 15 is 0 Å². The summed E-state index contributed by atoms with van der Waals surface area (Å²) in [5, 5.41) is 8.60. The quantitative estimate of drug-likeness (QED) is 0.153. The Morgan fingerprint density at radius 3 is 1.09 bits per heavy atom. The molecule has 212 valence electrons. The van der Waals surface area contributed by atoms with Crippen molar-refractivity contribution in [3.8, 4) is 0 Å². The average Bonchev–Trinajstić information content (AvgIpc) is 2.86. The molecule has 0 heterocycles. The van der Waals surface area contributed by atoms with Crippen molar-refractivity contribution in [2.75, 3.05) is 19.6 Å². The van der Waals surface area contributed by atoms with Gasteiger partial charge in [0.1, 0.15) is 0 Å². The molecule has 0 aliphatic carbocycles. The molecular weight excluding hydrogens is 430 g/mol. The molecule has 0 radical (unpaired) electrons. The predicted molar refractivity (Wildman–Crippen MR) is 157 cm³/mol. The molecule has 0 aromatic carbocycles. The molecule has 0 aromatic rings. The summed E-state index contributed by atoms with van der Waals surface area (Å²) in [6.45, 7) is 22.3. The summed E-state index contributed by atoms with van der Waals surface area (Å²) in [5.74, 6) is 1.97. The van der Waals surface area contributed by atoms with Gasteiger partial charge in [0.2, 0.25) is 0 Å². The number of aliphatic carboxylic acids is 1. The van der Waals surface area contributed by atoms with Crippen molar-refractivity contribution < 1.29 is 9.90 Å². The van der Waals surface area contributed by atoms with E-state index in [4.69, 9.17) is 5.11 Å². The van der Waals surface area contributed by atoms with Crippen LogP contribution in [0, 0.1) is 23.7 Å². The van der Waals surface area contributed by atoms with Crippen molar-refractivity contribution in [1.82, 2.24) is 4.90 Å². The highest BCUT2D eigenvalue weighted by molar-refractivity contribution is 5.69. The first-order chi connectivity index (χ1) is 16.9. The van der Waals surface area contributed by atoms with Gasteiger partial charge in [0.25, 0.3) is 0 Å². The number of unbranched alkanes of at least 4 members (excludes halogenated alkanes) is 4. The first-order valence-corrected chi connectivity index (χ1v) is 15.8. The monoisotopic (exact) mass is 498 g/mol. The molecule has 0 bridgehead atoms. The Kier molecular flexibility index (Phi) is 27.7. The zero-order valence-corrected chi connectivity index (χ0v) is 25.5. The smallest absolute Gasteiger partial charge is 0.306 e.